The van der Waals surface area contributed by atoms with E-state index >= 15 is 0 Å². The second kappa shape index (κ2) is 7.56. The maximum Gasteiger partial charge on any atom is 0.262 e. The number of ketones is 1. The minimum atomic E-state index is -0.326. The average Bonchev–Trinajstić information content (AvgIpc) is 3.46. The van der Waals surface area contributed by atoms with Crippen LogP contribution in [0.4, 0.5) is 5.69 Å². The molecule has 142 valence electrons. The van der Waals surface area contributed by atoms with Gasteiger partial charge in [-0.3, -0.25) is 9.59 Å². The summed E-state index contributed by atoms with van der Waals surface area (Å²) in [4.78, 5) is 24.4. The van der Waals surface area contributed by atoms with Gasteiger partial charge in [0.25, 0.3) is 5.91 Å². The fraction of sp³-hybridized carbons (Fsp3) is 0.190. The van der Waals surface area contributed by atoms with Crippen LogP contribution in [0, 0.1) is 0 Å². The van der Waals surface area contributed by atoms with E-state index in [1.807, 2.05) is 18.2 Å². The molecular weight excluding hydrogens is 358 g/mol. The van der Waals surface area contributed by atoms with Crippen molar-refractivity contribution >= 4 is 23.1 Å². The molecule has 0 saturated heterocycles. The van der Waals surface area contributed by atoms with E-state index in [1.165, 1.54) is 11.9 Å². The van der Waals surface area contributed by atoms with Crippen molar-refractivity contribution in [3.8, 4) is 0 Å². The van der Waals surface area contributed by atoms with Crippen molar-refractivity contribution in [1.29, 1.82) is 0 Å². The van der Waals surface area contributed by atoms with Gasteiger partial charge in [-0.05, 0) is 43.3 Å². The van der Waals surface area contributed by atoms with Crippen molar-refractivity contribution in [3.63, 3.8) is 0 Å². The highest BCUT2D eigenvalue weighted by molar-refractivity contribution is 6.01. The van der Waals surface area contributed by atoms with Crippen LogP contribution in [0.3, 0.4) is 0 Å². The number of rotatable bonds is 6. The molecule has 7 nitrogen and oxygen atoms in total. The molecule has 1 aliphatic heterocycles. The number of carbonyl (C=O) groups excluding carboxylic acids is 2. The molecule has 3 heterocycles. The Bertz CT molecular complexity index is 1010. The topological polar surface area (TPSA) is 88.0 Å². The van der Waals surface area contributed by atoms with Gasteiger partial charge in [0.05, 0.1) is 19.1 Å². The number of hydrogen-bond donors (Lipinski definition) is 1. The summed E-state index contributed by atoms with van der Waals surface area (Å²) in [6, 6.07) is 13.9. The van der Waals surface area contributed by atoms with E-state index in [9.17, 15) is 9.59 Å². The first-order valence-electron chi connectivity index (χ1n) is 8.93. The first-order chi connectivity index (χ1) is 13.6. The van der Waals surface area contributed by atoms with Gasteiger partial charge in [0.1, 0.15) is 23.3 Å². The van der Waals surface area contributed by atoms with Gasteiger partial charge in [-0.15, -0.1) is 0 Å². The fourth-order valence-corrected chi connectivity index (χ4v) is 3.14. The van der Waals surface area contributed by atoms with Crippen LogP contribution in [0.1, 0.15) is 41.3 Å². The van der Waals surface area contributed by atoms with Crippen LogP contribution in [-0.4, -0.2) is 29.0 Å². The maximum absolute atomic E-state index is 12.9. The molecule has 2 aromatic heterocycles. The molecule has 4 rings (SSSR count). The second-order valence-corrected chi connectivity index (χ2v) is 6.49. The van der Waals surface area contributed by atoms with Crippen LogP contribution in [0.15, 0.2) is 75.0 Å². The minimum Gasteiger partial charge on any atom is -0.467 e. The van der Waals surface area contributed by atoms with Crippen LogP contribution < -0.4 is 5.32 Å². The van der Waals surface area contributed by atoms with Gasteiger partial charge < -0.3 is 14.2 Å². The number of anilines is 1. The summed E-state index contributed by atoms with van der Waals surface area (Å²) in [5.74, 6) is 1.06. The molecule has 1 unspecified atom stereocenters. The molecule has 7 heteroatoms. The Labute approximate surface area is 161 Å². The molecular formula is C21H19N3O4. The van der Waals surface area contributed by atoms with Crippen LogP contribution in [0.2, 0.25) is 0 Å². The summed E-state index contributed by atoms with van der Waals surface area (Å²) >= 11 is 0. The zero-order valence-corrected chi connectivity index (χ0v) is 15.3. The van der Waals surface area contributed by atoms with Gasteiger partial charge >= 0.3 is 0 Å². The molecule has 1 aromatic carbocycles. The molecule has 1 amide bonds. The second-order valence-electron chi connectivity index (χ2n) is 6.49. The quantitative estimate of drug-likeness (QED) is 0.659. The number of hydrogen-bond acceptors (Lipinski definition) is 6. The highest BCUT2D eigenvalue weighted by atomic mass is 16.3. The lowest BCUT2D eigenvalue weighted by Crippen LogP contribution is -2.32. The number of nitrogens with one attached hydrogen (secondary N) is 1. The summed E-state index contributed by atoms with van der Waals surface area (Å²) < 4.78 is 10.9. The lowest BCUT2D eigenvalue weighted by Gasteiger charge is -2.20. The van der Waals surface area contributed by atoms with Gasteiger partial charge in [0, 0.05) is 17.7 Å². The van der Waals surface area contributed by atoms with Crippen molar-refractivity contribution in [2.45, 2.75) is 19.4 Å². The Morgan fingerprint density at radius 2 is 1.96 bits per heavy atom. The third-order valence-corrected chi connectivity index (χ3v) is 4.56. The largest absolute Gasteiger partial charge is 0.467 e. The highest BCUT2D eigenvalue weighted by Crippen LogP contribution is 2.33. The van der Waals surface area contributed by atoms with Gasteiger partial charge in [0.15, 0.2) is 5.78 Å². The van der Waals surface area contributed by atoms with Crippen LogP contribution in [0.5, 0.6) is 0 Å². The Morgan fingerprint density at radius 1 is 1.14 bits per heavy atom. The number of furan rings is 2. The van der Waals surface area contributed by atoms with Crippen LogP contribution >= 0.6 is 0 Å². The van der Waals surface area contributed by atoms with Crippen molar-refractivity contribution < 1.29 is 18.4 Å². The minimum absolute atomic E-state index is 0.0277. The van der Waals surface area contributed by atoms with Gasteiger partial charge in [-0.1, -0.05) is 12.1 Å². The van der Waals surface area contributed by atoms with Gasteiger partial charge in [-0.25, -0.2) is 5.01 Å². The highest BCUT2D eigenvalue weighted by Gasteiger charge is 2.35. The third kappa shape index (κ3) is 3.59. The predicted molar refractivity (Wildman–Crippen MR) is 103 cm³/mol. The molecule has 28 heavy (non-hydrogen) atoms. The van der Waals surface area contributed by atoms with Crippen molar-refractivity contribution in [1.82, 2.24) is 5.01 Å². The number of hydrazone groups is 1. The molecule has 0 fully saturated rings. The van der Waals surface area contributed by atoms with Crippen molar-refractivity contribution in [2.75, 3.05) is 11.9 Å². The first-order valence-corrected chi connectivity index (χ1v) is 8.93. The standard InChI is InChI=1S/C21H19N3O4/c1-14(25)15-5-2-6-16(11-15)22-13-21(26)24-18(20-8-4-10-28-20)12-17(23-24)19-7-3-9-27-19/h2-11,18,22H,12-13H2,1H3. The van der Waals surface area contributed by atoms with E-state index in [0.717, 1.165) is 0 Å². The van der Waals surface area contributed by atoms with E-state index in [4.69, 9.17) is 8.83 Å². The van der Waals surface area contributed by atoms with E-state index in [-0.39, 0.29) is 24.3 Å². The van der Waals surface area contributed by atoms with E-state index in [1.54, 1.807) is 42.9 Å². The summed E-state index contributed by atoms with van der Waals surface area (Å²) in [6.07, 6.45) is 3.66. The summed E-state index contributed by atoms with van der Waals surface area (Å²) in [5.41, 5.74) is 1.98. The molecule has 0 bridgehead atoms. The Kier molecular flexibility index (Phi) is 4.80. The first kappa shape index (κ1) is 17.8. The van der Waals surface area contributed by atoms with Crippen LogP contribution in [0.25, 0.3) is 0 Å². The number of carbonyl (C=O) groups is 2. The molecule has 0 radical (unpaired) electrons. The third-order valence-electron chi connectivity index (χ3n) is 4.56. The monoisotopic (exact) mass is 377 g/mol. The number of nitrogens with zero attached hydrogens (tertiary/aromatic N) is 2. The predicted octanol–water partition coefficient (Wildman–Crippen LogP) is 3.87. The summed E-state index contributed by atoms with van der Waals surface area (Å²) in [6.45, 7) is 1.54. The van der Waals surface area contributed by atoms with Gasteiger partial charge in [-0.2, -0.15) is 5.10 Å². The van der Waals surface area contributed by atoms with E-state index in [2.05, 4.69) is 10.4 Å². The normalized spacial score (nSPS) is 16.1. The molecule has 1 N–H and O–H groups in total. The van der Waals surface area contributed by atoms with Crippen LogP contribution in [-0.2, 0) is 4.79 Å². The lowest BCUT2D eigenvalue weighted by atomic mass is 10.1. The smallest absolute Gasteiger partial charge is 0.262 e. The lowest BCUT2D eigenvalue weighted by molar-refractivity contribution is -0.131. The Balaban J connectivity index is 1.52. The molecule has 0 saturated carbocycles. The number of Topliss-reactive ketones (excluding diaryl/α,β-unsaturated/α-hetero) is 1. The molecule has 1 aliphatic rings. The van der Waals surface area contributed by atoms with Gasteiger partial charge in [0.2, 0.25) is 0 Å². The summed E-state index contributed by atoms with van der Waals surface area (Å²) in [7, 11) is 0. The zero-order chi connectivity index (χ0) is 19.5. The Morgan fingerprint density at radius 3 is 2.68 bits per heavy atom. The number of amides is 1. The molecule has 0 aliphatic carbocycles. The zero-order valence-electron chi connectivity index (χ0n) is 15.3. The summed E-state index contributed by atoms with van der Waals surface area (Å²) in [5, 5.41) is 8.97. The molecule has 1 atom stereocenters. The Hall–Kier alpha value is -3.61. The van der Waals surface area contributed by atoms with Crippen molar-refractivity contribution in [3.05, 3.63) is 78.1 Å². The fourth-order valence-electron chi connectivity index (χ4n) is 3.14. The number of benzene rings is 1. The average molecular weight is 377 g/mol. The molecule has 0 spiro atoms. The SMILES string of the molecule is CC(=O)c1cccc(NCC(=O)N2N=C(c3ccco3)CC2c2ccco2)c1. The van der Waals surface area contributed by atoms with E-state index < -0.39 is 0 Å². The van der Waals surface area contributed by atoms with E-state index in [0.29, 0.717) is 34.9 Å². The molecule has 3 aromatic rings. The maximum atomic E-state index is 12.9. The van der Waals surface area contributed by atoms with Crippen molar-refractivity contribution in [2.24, 2.45) is 5.10 Å².